The normalized spacial score (nSPS) is 20.8. The molecule has 1 aliphatic heterocycles. The van der Waals surface area contributed by atoms with Gasteiger partial charge in [0.05, 0.1) is 5.51 Å². The van der Waals surface area contributed by atoms with Crippen molar-refractivity contribution < 1.29 is 9.59 Å². The molecule has 0 bridgehead atoms. The Labute approximate surface area is 110 Å². The van der Waals surface area contributed by atoms with Gasteiger partial charge in [0.25, 0.3) is 5.91 Å². The number of rotatable bonds is 2. The quantitative estimate of drug-likeness (QED) is 0.796. The highest BCUT2D eigenvalue weighted by molar-refractivity contribution is 7.07. The van der Waals surface area contributed by atoms with Gasteiger partial charge in [-0.3, -0.25) is 14.5 Å². The minimum absolute atomic E-state index is 0.0618. The Morgan fingerprint density at radius 3 is 2.89 bits per heavy atom. The first kappa shape index (κ1) is 13.0. The second-order valence-electron chi connectivity index (χ2n) is 4.24. The SMILES string of the molecule is CNC(=O)[C@@H]1CN(C(=O)c2cscn2)CCN1C. The molecule has 0 aromatic carbocycles. The first-order chi connectivity index (χ1) is 8.63. The summed E-state index contributed by atoms with van der Waals surface area (Å²) in [5.74, 6) is -0.161. The smallest absolute Gasteiger partial charge is 0.273 e. The molecule has 0 unspecified atom stereocenters. The molecule has 1 aromatic heterocycles. The van der Waals surface area contributed by atoms with E-state index in [0.29, 0.717) is 25.3 Å². The van der Waals surface area contributed by atoms with E-state index in [1.807, 2.05) is 11.9 Å². The zero-order valence-corrected chi connectivity index (χ0v) is 11.2. The minimum atomic E-state index is -0.286. The summed E-state index contributed by atoms with van der Waals surface area (Å²) in [7, 11) is 3.50. The Bertz CT molecular complexity index is 434. The first-order valence-electron chi connectivity index (χ1n) is 5.72. The molecule has 7 heteroatoms. The van der Waals surface area contributed by atoms with Crippen molar-refractivity contribution in [1.29, 1.82) is 0 Å². The highest BCUT2D eigenvalue weighted by atomic mass is 32.1. The highest BCUT2D eigenvalue weighted by Crippen LogP contribution is 2.12. The molecule has 1 atom stereocenters. The van der Waals surface area contributed by atoms with E-state index in [1.54, 1.807) is 22.8 Å². The minimum Gasteiger partial charge on any atom is -0.358 e. The third kappa shape index (κ3) is 2.51. The molecule has 1 fully saturated rings. The fourth-order valence-electron chi connectivity index (χ4n) is 1.99. The average Bonchev–Trinajstić information content (AvgIpc) is 2.91. The molecular weight excluding hydrogens is 252 g/mol. The largest absolute Gasteiger partial charge is 0.358 e. The second-order valence-corrected chi connectivity index (χ2v) is 4.95. The van der Waals surface area contributed by atoms with E-state index in [0.717, 1.165) is 0 Å². The van der Waals surface area contributed by atoms with Crippen LogP contribution in [-0.2, 0) is 4.79 Å². The van der Waals surface area contributed by atoms with Gasteiger partial charge in [-0.15, -0.1) is 11.3 Å². The van der Waals surface area contributed by atoms with Crippen LogP contribution in [0.25, 0.3) is 0 Å². The summed E-state index contributed by atoms with van der Waals surface area (Å²) in [6.07, 6.45) is 0. The van der Waals surface area contributed by atoms with E-state index in [2.05, 4.69) is 10.3 Å². The number of nitrogens with one attached hydrogen (secondary N) is 1. The molecule has 0 radical (unpaired) electrons. The van der Waals surface area contributed by atoms with Gasteiger partial charge in [-0.05, 0) is 7.05 Å². The van der Waals surface area contributed by atoms with E-state index in [4.69, 9.17) is 0 Å². The van der Waals surface area contributed by atoms with Gasteiger partial charge in [0.15, 0.2) is 0 Å². The monoisotopic (exact) mass is 268 g/mol. The molecule has 6 nitrogen and oxygen atoms in total. The van der Waals surface area contributed by atoms with Gasteiger partial charge in [0.2, 0.25) is 5.91 Å². The van der Waals surface area contributed by atoms with Crippen molar-refractivity contribution in [3.63, 3.8) is 0 Å². The van der Waals surface area contributed by atoms with E-state index in [1.165, 1.54) is 11.3 Å². The Hall–Kier alpha value is -1.47. The van der Waals surface area contributed by atoms with E-state index in [9.17, 15) is 9.59 Å². The molecule has 0 spiro atoms. The maximum absolute atomic E-state index is 12.1. The zero-order chi connectivity index (χ0) is 13.1. The lowest BCUT2D eigenvalue weighted by atomic mass is 10.1. The van der Waals surface area contributed by atoms with Crippen LogP contribution in [0.1, 0.15) is 10.5 Å². The summed E-state index contributed by atoms with van der Waals surface area (Å²) in [4.78, 5) is 31.5. The average molecular weight is 268 g/mol. The lowest BCUT2D eigenvalue weighted by molar-refractivity contribution is -0.127. The van der Waals surface area contributed by atoms with Gasteiger partial charge in [-0.25, -0.2) is 4.98 Å². The molecule has 2 rings (SSSR count). The van der Waals surface area contributed by atoms with Crippen LogP contribution in [0.3, 0.4) is 0 Å². The van der Waals surface area contributed by atoms with Gasteiger partial charge in [0.1, 0.15) is 11.7 Å². The number of nitrogens with zero attached hydrogens (tertiary/aromatic N) is 3. The van der Waals surface area contributed by atoms with Gasteiger partial charge < -0.3 is 10.2 Å². The highest BCUT2D eigenvalue weighted by Gasteiger charge is 2.32. The molecule has 18 heavy (non-hydrogen) atoms. The maximum atomic E-state index is 12.1. The number of thiazole rings is 1. The van der Waals surface area contributed by atoms with Crippen molar-refractivity contribution >= 4 is 23.2 Å². The fraction of sp³-hybridized carbons (Fsp3) is 0.545. The number of carbonyl (C=O) groups excluding carboxylic acids is 2. The van der Waals surface area contributed by atoms with Crippen molar-refractivity contribution in [2.24, 2.45) is 0 Å². The lowest BCUT2D eigenvalue weighted by Gasteiger charge is -2.38. The Balaban J connectivity index is 2.07. The van der Waals surface area contributed by atoms with Crippen LogP contribution in [-0.4, -0.2) is 66.4 Å². The van der Waals surface area contributed by atoms with Crippen LogP contribution in [0.4, 0.5) is 0 Å². The van der Waals surface area contributed by atoms with E-state index < -0.39 is 0 Å². The number of hydrogen-bond acceptors (Lipinski definition) is 5. The molecule has 1 aliphatic rings. The molecule has 98 valence electrons. The summed E-state index contributed by atoms with van der Waals surface area (Å²) in [6, 6.07) is -0.286. The van der Waals surface area contributed by atoms with Crippen molar-refractivity contribution in [2.75, 3.05) is 33.7 Å². The number of aromatic nitrogens is 1. The Kier molecular flexibility index (Phi) is 3.93. The van der Waals surface area contributed by atoms with Crippen LogP contribution < -0.4 is 5.32 Å². The van der Waals surface area contributed by atoms with Crippen molar-refractivity contribution in [2.45, 2.75) is 6.04 Å². The third-order valence-electron chi connectivity index (χ3n) is 3.14. The van der Waals surface area contributed by atoms with Crippen LogP contribution >= 0.6 is 11.3 Å². The van der Waals surface area contributed by atoms with Gasteiger partial charge in [0, 0.05) is 32.1 Å². The molecule has 1 aromatic rings. The second kappa shape index (κ2) is 5.45. The molecule has 0 aliphatic carbocycles. The number of hydrogen-bond donors (Lipinski definition) is 1. The van der Waals surface area contributed by atoms with Gasteiger partial charge in [-0.1, -0.05) is 0 Å². The molecule has 1 N–H and O–H groups in total. The summed E-state index contributed by atoms with van der Waals surface area (Å²) < 4.78 is 0. The summed E-state index contributed by atoms with van der Waals surface area (Å²) in [5, 5.41) is 4.36. The number of likely N-dealkylation sites (N-methyl/N-ethyl adjacent to an activating group) is 2. The Morgan fingerprint density at radius 2 is 2.28 bits per heavy atom. The predicted molar refractivity (Wildman–Crippen MR) is 68.5 cm³/mol. The third-order valence-corrected chi connectivity index (χ3v) is 3.72. The Morgan fingerprint density at radius 1 is 1.50 bits per heavy atom. The molecular formula is C11H16N4O2S. The molecule has 2 heterocycles. The number of piperazine rings is 1. The summed E-state index contributed by atoms with van der Waals surface area (Å²) >= 11 is 1.40. The summed E-state index contributed by atoms with van der Waals surface area (Å²) in [5.41, 5.74) is 2.10. The molecule has 1 saturated heterocycles. The van der Waals surface area contributed by atoms with Crippen molar-refractivity contribution in [1.82, 2.24) is 20.1 Å². The summed E-state index contributed by atoms with van der Waals surface area (Å²) in [6.45, 7) is 1.72. The topological polar surface area (TPSA) is 65.5 Å². The zero-order valence-electron chi connectivity index (χ0n) is 10.4. The van der Waals surface area contributed by atoms with Crippen LogP contribution in [0.15, 0.2) is 10.9 Å². The first-order valence-corrected chi connectivity index (χ1v) is 6.67. The predicted octanol–water partition coefficient (Wildman–Crippen LogP) is -0.355. The lowest BCUT2D eigenvalue weighted by Crippen LogP contribution is -2.58. The number of amides is 2. The van der Waals surface area contributed by atoms with E-state index in [-0.39, 0.29) is 17.9 Å². The van der Waals surface area contributed by atoms with E-state index >= 15 is 0 Å². The van der Waals surface area contributed by atoms with Crippen LogP contribution in [0, 0.1) is 0 Å². The molecule has 2 amide bonds. The van der Waals surface area contributed by atoms with Crippen LogP contribution in [0.5, 0.6) is 0 Å². The molecule has 0 saturated carbocycles. The standard InChI is InChI=1S/C11H16N4O2S/c1-12-10(16)9-5-15(4-3-14(9)2)11(17)8-6-18-7-13-8/h6-7,9H,3-5H2,1-2H3,(H,12,16)/t9-/m0/s1. The fourth-order valence-corrected chi connectivity index (χ4v) is 2.51. The van der Waals surface area contributed by atoms with Gasteiger partial charge in [-0.2, -0.15) is 0 Å². The van der Waals surface area contributed by atoms with Gasteiger partial charge >= 0.3 is 0 Å². The van der Waals surface area contributed by atoms with Crippen LogP contribution in [0.2, 0.25) is 0 Å². The van der Waals surface area contributed by atoms with Crippen molar-refractivity contribution in [3.8, 4) is 0 Å². The number of carbonyl (C=O) groups is 2. The maximum Gasteiger partial charge on any atom is 0.273 e. The van der Waals surface area contributed by atoms with Crippen molar-refractivity contribution in [3.05, 3.63) is 16.6 Å².